The first-order valence-corrected chi connectivity index (χ1v) is 2.54. The maximum absolute atomic E-state index is 9.97. The summed E-state index contributed by atoms with van der Waals surface area (Å²) in [5, 5.41) is 8.18. The number of carboxylic acids is 1. The van der Waals surface area contributed by atoms with Crippen LogP contribution < -0.4 is 0 Å². The molecule has 0 bridgehead atoms. The molecule has 0 aliphatic rings. The molecular weight excluding hydrogens is 128 g/mol. The zero-order valence-corrected chi connectivity index (χ0v) is 4.55. The van der Waals surface area contributed by atoms with E-state index < -0.39 is 5.97 Å². The van der Waals surface area contributed by atoms with E-state index in [9.17, 15) is 4.79 Å². The Balaban J connectivity index is 2.93. The third-order valence-electron chi connectivity index (χ3n) is 0.580. The zero-order valence-electron chi connectivity index (χ0n) is 3.74. The molecule has 0 saturated heterocycles. The number of hydrogen-bond donors (Lipinski definition) is 1. The SMILES string of the molecule is O=C(O)c1cnsn1. The maximum Gasteiger partial charge on any atom is 0.357 e. The van der Waals surface area contributed by atoms with Gasteiger partial charge < -0.3 is 5.11 Å². The van der Waals surface area contributed by atoms with Gasteiger partial charge in [0.05, 0.1) is 17.9 Å². The second kappa shape index (κ2) is 1.87. The van der Waals surface area contributed by atoms with Crippen molar-refractivity contribution in [1.82, 2.24) is 8.75 Å². The summed E-state index contributed by atoms with van der Waals surface area (Å²) in [4.78, 5) is 9.97. The lowest BCUT2D eigenvalue weighted by Gasteiger charge is -1.75. The average molecular weight is 130 g/mol. The normalized spacial score (nSPS) is 9.00. The molecule has 1 N–H and O–H groups in total. The molecule has 0 unspecified atom stereocenters. The standard InChI is InChI=1S/C3H2N2O2S/c6-3(7)2-1-4-8-5-2/h1H,(H,6,7). The molecule has 1 aromatic rings. The predicted molar refractivity (Wildman–Crippen MR) is 26.9 cm³/mol. The molecule has 5 heteroatoms. The van der Waals surface area contributed by atoms with E-state index in [1.807, 2.05) is 0 Å². The van der Waals surface area contributed by atoms with Gasteiger partial charge in [-0.25, -0.2) is 4.79 Å². The molecular formula is C3H2N2O2S. The summed E-state index contributed by atoms with van der Waals surface area (Å²) in [6.45, 7) is 0. The third-order valence-corrected chi connectivity index (χ3v) is 1.06. The highest BCUT2D eigenvalue weighted by Crippen LogP contribution is 1.92. The smallest absolute Gasteiger partial charge is 0.357 e. The summed E-state index contributed by atoms with van der Waals surface area (Å²) in [5.74, 6) is -1.03. The van der Waals surface area contributed by atoms with Crippen LogP contribution in [0.5, 0.6) is 0 Å². The Morgan fingerprint density at radius 3 is 2.88 bits per heavy atom. The first-order valence-electron chi connectivity index (χ1n) is 1.81. The van der Waals surface area contributed by atoms with Gasteiger partial charge in [-0.05, 0) is 0 Å². The van der Waals surface area contributed by atoms with Gasteiger partial charge in [0.15, 0.2) is 5.69 Å². The van der Waals surface area contributed by atoms with Crippen molar-refractivity contribution in [2.24, 2.45) is 0 Å². The van der Waals surface area contributed by atoms with Crippen molar-refractivity contribution in [1.29, 1.82) is 0 Å². The molecule has 0 aromatic carbocycles. The van der Waals surface area contributed by atoms with Crippen LogP contribution in [-0.2, 0) is 0 Å². The predicted octanol–water partition coefficient (Wildman–Crippen LogP) is 0.236. The second-order valence-electron chi connectivity index (χ2n) is 1.10. The van der Waals surface area contributed by atoms with E-state index in [1.54, 1.807) is 0 Å². The number of carbonyl (C=O) groups is 1. The minimum atomic E-state index is -1.03. The van der Waals surface area contributed by atoms with Gasteiger partial charge in [-0.3, -0.25) is 0 Å². The Kier molecular flexibility index (Phi) is 1.21. The largest absolute Gasteiger partial charge is 0.476 e. The Labute approximate surface area is 49.1 Å². The van der Waals surface area contributed by atoms with E-state index in [4.69, 9.17) is 5.11 Å². The Hall–Kier alpha value is -0.970. The van der Waals surface area contributed by atoms with Crippen LogP contribution in [0.2, 0.25) is 0 Å². The summed E-state index contributed by atoms with van der Waals surface area (Å²) >= 11 is 0.887. The minimum Gasteiger partial charge on any atom is -0.476 e. The van der Waals surface area contributed by atoms with Crippen LogP contribution in [0.3, 0.4) is 0 Å². The summed E-state index contributed by atoms with van der Waals surface area (Å²) in [5.41, 5.74) is 0.00926. The molecule has 0 aliphatic carbocycles. The molecule has 0 aliphatic heterocycles. The van der Waals surface area contributed by atoms with Crippen molar-refractivity contribution in [3.63, 3.8) is 0 Å². The van der Waals surface area contributed by atoms with Crippen LogP contribution >= 0.6 is 11.7 Å². The molecule has 0 spiro atoms. The van der Waals surface area contributed by atoms with Crippen molar-refractivity contribution in [3.8, 4) is 0 Å². The topological polar surface area (TPSA) is 63.1 Å². The zero-order chi connectivity index (χ0) is 5.98. The van der Waals surface area contributed by atoms with Gasteiger partial charge in [0.1, 0.15) is 0 Å². The van der Waals surface area contributed by atoms with Crippen LogP contribution in [0, 0.1) is 0 Å². The fraction of sp³-hybridized carbons (Fsp3) is 0. The molecule has 1 rings (SSSR count). The van der Waals surface area contributed by atoms with Crippen LogP contribution in [0.4, 0.5) is 0 Å². The molecule has 0 fully saturated rings. The molecule has 0 amide bonds. The van der Waals surface area contributed by atoms with Gasteiger partial charge >= 0.3 is 5.97 Å². The monoisotopic (exact) mass is 130 g/mol. The lowest BCUT2D eigenvalue weighted by Crippen LogP contribution is -1.94. The summed E-state index contributed by atoms with van der Waals surface area (Å²) in [7, 11) is 0. The van der Waals surface area contributed by atoms with Gasteiger partial charge in [0.25, 0.3) is 0 Å². The molecule has 1 aromatic heterocycles. The fourth-order valence-electron chi connectivity index (χ4n) is 0.259. The van der Waals surface area contributed by atoms with Gasteiger partial charge in [0, 0.05) is 0 Å². The first kappa shape index (κ1) is 5.17. The molecule has 0 radical (unpaired) electrons. The van der Waals surface area contributed by atoms with E-state index >= 15 is 0 Å². The molecule has 0 atom stereocenters. The Morgan fingerprint density at radius 1 is 1.88 bits per heavy atom. The van der Waals surface area contributed by atoms with Gasteiger partial charge in [-0.2, -0.15) is 8.75 Å². The molecule has 0 saturated carbocycles. The lowest BCUT2D eigenvalue weighted by atomic mass is 10.5. The van der Waals surface area contributed by atoms with E-state index in [0.29, 0.717) is 0 Å². The van der Waals surface area contributed by atoms with Crippen molar-refractivity contribution >= 4 is 17.7 Å². The summed E-state index contributed by atoms with van der Waals surface area (Å²) < 4.78 is 6.94. The molecule has 8 heavy (non-hydrogen) atoms. The van der Waals surface area contributed by atoms with Crippen molar-refractivity contribution in [2.45, 2.75) is 0 Å². The first-order chi connectivity index (χ1) is 3.80. The van der Waals surface area contributed by atoms with Crippen LogP contribution in [0.15, 0.2) is 6.20 Å². The third kappa shape index (κ3) is 0.812. The minimum absolute atomic E-state index is 0.00926. The summed E-state index contributed by atoms with van der Waals surface area (Å²) in [6, 6.07) is 0. The Bertz CT molecular complexity index is 183. The fourth-order valence-corrected chi connectivity index (χ4v) is 0.666. The highest BCUT2D eigenvalue weighted by atomic mass is 32.1. The van der Waals surface area contributed by atoms with E-state index in [2.05, 4.69) is 8.75 Å². The van der Waals surface area contributed by atoms with Crippen LogP contribution in [0.1, 0.15) is 10.5 Å². The molecule has 4 nitrogen and oxygen atoms in total. The molecule has 42 valence electrons. The number of aromatic nitrogens is 2. The lowest BCUT2D eigenvalue weighted by molar-refractivity contribution is 0.0691. The van der Waals surface area contributed by atoms with E-state index in [0.717, 1.165) is 11.7 Å². The van der Waals surface area contributed by atoms with Crippen molar-refractivity contribution in [3.05, 3.63) is 11.9 Å². The quantitative estimate of drug-likeness (QED) is 0.591. The van der Waals surface area contributed by atoms with Gasteiger partial charge in [-0.15, -0.1) is 0 Å². The van der Waals surface area contributed by atoms with Crippen LogP contribution in [-0.4, -0.2) is 19.8 Å². The van der Waals surface area contributed by atoms with E-state index in [1.165, 1.54) is 6.20 Å². The Morgan fingerprint density at radius 2 is 2.62 bits per heavy atom. The van der Waals surface area contributed by atoms with Crippen molar-refractivity contribution < 1.29 is 9.90 Å². The maximum atomic E-state index is 9.97. The number of hydrogen-bond acceptors (Lipinski definition) is 4. The van der Waals surface area contributed by atoms with E-state index in [-0.39, 0.29) is 5.69 Å². The second-order valence-corrected chi connectivity index (χ2v) is 1.65. The average Bonchev–Trinajstić information content (AvgIpc) is 2.12. The van der Waals surface area contributed by atoms with Crippen molar-refractivity contribution in [2.75, 3.05) is 0 Å². The van der Waals surface area contributed by atoms with Gasteiger partial charge in [-0.1, -0.05) is 0 Å². The molecule has 1 heterocycles. The number of aromatic carboxylic acids is 1. The number of rotatable bonds is 1. The number of nitrogens with zero attached hydrogens (tertiary/aromatic N) is 2. The van der Waals surface area contributed by atoms with Crippen LogP contribution in [0.25, 0.3) is 0 Å². The van der Waals surface area contributed by atoms with Gasteiger partial charge in [0.2, 0.25) is 0 Å². The highest BCUT2D eigenvalue weighted by Gasteiger charge is 2.02. The highest BCUT2D eigenvalue weighted by molar-refractivity contribution is 6.99. The number of carboxylic acid groups (broad SMARTS) is 1. The summed E-state index contributed by atoms with van der Waals surface area (Å²) in [6.07, 6.45) is 1.22.